The Morgan fingerprint density at radius 1 is 1.16 bits per heavy atom. The molecule has 2 atom stereocenters. The maximum absolute atomic E-state index is 14.2. The van der Waals surface area contributed by atoms with Gasteiger partial charge in [0.15, 0.2) is 0 Å². The van der Waals surface area contributed by atoms with Crippen LogP contribution < -0.4 is 5.32 Å². The molecule has 0 aromatic carbocycles. The maximum Gasteiger partial charge on any atom is 0.451 e. The Morgan fingerprint density at radius 2 is 1.89 bits per heavy atom. The Morgan fingerprint density at radius 3 is 2.51 bits per heavy atom. The Kier molecular flexibility index (Phi) is 6.22. The highest BCUT2D eigenvalue weighted by Gasteiger charge is 2.46. The van der Waals surface area contributed by atoms with E-state index in [4.69, 9.17) is 13.9 Å². The summed E-state index contributed by atoms with van der Waals surface area (Å²) in [6.45, 7) is 2.13. The zero-order chi connectivity index (χ0) is 26.5. The molecule has 1 N–H and O–H groups in total. The summed E-state index contributed by atoms with van der Waals surface area (Å²) in [5, 5.41) is 6.59. The Balaban J connectivity index is 1.44. The summed E-state index contributed by atoms with van der Waals surface area (Å²) in [5.74, 6) is -3.78. The lowest BCUT2D eigenvalue weighted by atomic mass is 9.86. The van der Waals surface area contributed by atoms with Crippen molar-refractivity contribution in [1.82, 2.24) is 25.1 Å². The third-order valence-corrected chi connectivity index (χ3v) is 6.01. The van der Waals surface area contributed by atoms with Gasteiger partial charge in [-0.1, -0.05) is 6.92 Å². The van der Waals surface area contributed by atoms with Crippen LogP contribution in [0.5, 0.6) is 0 Å². The topological polar surface area (TPSA) is 104 Å². The van der Waals surface area contributed by atoms with Gasteiger partial charge in [0.2, 0.25) is 11.6 Å². The van der Waals surface area contributed by atoms with E-state index in [1.165, 1.54) is 4.68 Å². The van der Waals surface area contributed by atoms with Crippen LogP contribution in [0.4, 0.5) is 26.3 Å². The highest BCUT2D eigenvalue weighted by Crippen LogP contribution is 2.48. The zero-order valence-electron chi connectivity index (χ0n) is 19.1. The molecule has 3 aromatic rings. The van der Waals surface area contributed by atoms with Gasteiger partial charge in [-0.05, 0) is 5.92 Å². The van der Waals surface area contributed by atoms with E-state index in [0.29, 0.717) is 12.2 Å². The number of fused-ring (bicyclic) bond motifs is 3. The molecular weight excluding hydrogens is 512 g/mol. The number of nitrogens with one attached hydrogen (secondary N) is 1. The van der Waals surface area contributed by atoms with Crippen molar-refractivity contribution in [3.8, 4) is 11.3 Å². The third-order valence-electron chi connectivity index (χ3n) is 6.01. The van der Waals surface area contributed by atoms with Crippen LogP contribution in [-0.4, -0.2) is 45.2 Å². The number of carbonyl (C=O) groups excluding carboxylic acids is 1. The lowest BCUT2D eigenvalue weighted by Gasteiger charge is -2.17. The minimum absolute atomic E-state index is 0.0268. The van der Waals surface area contributed by atoms with Crippen molar-refractivity contribution < 1.29 is 45.0 Å². The lowest BCUT2D eigenvalue weighted by molar-refractivity contribution is -0.145. The fourth-order valence-electron chi connectivity index (χ4n) is 4.32. The van der Waals surface area contributed by atoms with Gasteiger partial charge in [0.25, 0.3) is 5.91 Å². The van der Waals surface area contributed by atoms with Crippen molar-refractivity contribution in [2.45, 2.75) is 50.8 Å². The predicted octanol–water partition coefficient (Wildman–Crippen LogP) is 3.93. The maximum atomic E-state index is 14.2. The molecule has 15 heteroatoms. The van der Waals surface area contributed by atoms with Crippen LogP contribution in [0.3, 0.4) is 0 Å². The van der Waals surface area contributed by atoms with Gasteiger partial charge in [0, 0.05) is 42.7 Å². The Labute approximate surface area is 204 Å². The number of carbonyl (C=O) groups is 1. The molecule has 1 saturated heterocycles. The molecule has 1 amide bonds. The zero-order valence-corrected chi connectivity index (χ0v) is 19.1. The van der Waals surface area contributed by atoms with E-state index < -0.39 is 42.0 Å². The first-order valence-electron chi connectivity index (χ1n) is 11.1. The molecular formula is C22H19F6N5O4. The number of ether oxygens (including phenoxy) is 2. The van der Waals surface area contributed by atoms with Gasteiger partial charge in [0.1, 0.15) is 24.2 Å². The molecule has 5 rings (SSSR count). The number of rotatable bonds is 5. The Bertz CT molecular complexity index is 1310. The average Bonchev–Trinajstić information content (AvgIpc) is 3.55. The average molecular weight is 531 g/mol. The van der Waals surface area contributed by atoms with Crippen LogP contribution in [0.2, 0.25) is 0 Å². The summed E-state index contributed by atoms with van der Waals surface area (Å²) in [6, 6.07) is 0. The van der Waals surface area contributed by atoms with Crippen molar-refractivity contribution in [1.29, 1.82) is 0 Å². The second-order valence-electron chi connectivity index (χ2n) is 8.74. The first kappa shape index (κ1) is 25.2. The number of alkyl halides is 6. The molecule has 0 radical (unpaired) electrons. The molecule has 198 valence electrons. The predicted molar refractivity (Wildman–Crippen MR) is 111 cm³/mol. The third kappa shape index (κ3) is 4.92. The number of amides is 1. The molecule has 1 aliphatic carbocycles. The summed E-state index contributed by atoms with van der Waals surface area (Å²) >= 11 is 0. The van der Waals surface area contributed by atoms with E-state index in [9.17, 15) is 31.1 Å². The van der Waals surface area contributed by atoms with E-state index in [2.05, 4.69) is 20.4 Å². The van der Waals surface area contributed by atoms with E-state index in [-0.39, 0.29) is 54.4 Å². The van der Waals surface area contributed by atoms with Crippen molar-refractivity contribution in [3.05, 3.63) is 52.6 Å². The standard InChI is InChI=1S/C22H19F6N5O4/c1-10-2-14-15(17-13(10)7-33(32-17)6-12-8-35-9-36-12)16(21(23,24)25)18(37-14)19(34)29-3-11-4-30-20(31-5-11)22(26,27)28/h4-5,7,10,12H,2-3,6,8-9H2,1H3,(H,29,34)/t10-,12-/m0/s1. The molecule has 9 nitrogen and oxygen atoms in total. The number of hydrogen-bond acceptors (Lipinski definition) is 7. The van der Waals surface area contributed by atoms with Crippen molar-refractivity contribution in [2.24, 2.45) is 0 Å². The van der Waals surface area contributed by atoms with Gasteiger partial charge in [-0.15, -0.1) is 0 Å². The molecule has 0 saturated carbocycles. The quantitative estimate of drug-likeness (QED) is 0.498. The summed E-state index contributed by atoms with van der Waals surface area (Å²) in [4.78, 5) is 19.1. The molecule has 1 aliphatic heterocycles. The highest BCUT2D eigenvalue weighted by atomic mass is 19.4. The number of furan rings is 1. The summed E-state index contributed by atoms with van der Waals surface area (Å²) in [5.41, 5.74) is -0.863. The minimum Gasteiger partial charge on any atom is -0.455 e. The van der Waals surface area contributed by atoms with Crippen LogP contribution in [0.1, 0.15) is 51.7 Å². The normalized spacial score (nSPS) is 19.5. The van der Waals surface area contributed by atoms with Crippen LogP contribution in [0.25, 0.3) is 11.3 Å². The van der Waals surface area contributed by atoms with E-state index in [0.717, 1.165) is 12.4 Å². The fraction of sp³-hybridized carbons (Fsp3) is 0.455. The fourth-order valence-corrected chi connectivity index (χ4v) is 4.32. The monoisotopic (exact) mass is 531 g/mol. The van der Waals surface area contributed by atoms with E-state index in [1.54, 1.807) is 6.20 Å². The summed E-state index contributed by atoms with van der Waals surface area (Å²) < 4.78 is 98.1. The number of hydrogen-bond donors (Lipinski definition) is 1. The number of aromatic nitrogens is 4. The van der Waals surface area contributed by atoms with Gasteiger partial charge in [0.05, 0.1) is 24.4 Å². The molecule has 0 unspecified atom stereocenters. The molecule has 1 fully saturated rings. The number of nitrogens with zero attached hydrogens (tertiary/aromatic N) is 4. The van der Waals surface area contributed by atoms with Crippen LogP contribution in [0.15, 0.2) is 23.0 Å². The van der Waals surface area contributed by atoms with Gasteiger partial charge in [-0.2, -0.15) is 31.4 Å². The summed E-state index contributed by atoms with van der Waals surface area (Å²) in [6.07, 6.45) is -6.58. The molecule has 3 aromatic heterocycles. The second-order valence-corrected chi connectivity index (χ2v) is 8.74. The Hall–Kier alpha value is -3.46. The van der Waals surface area contributed by atoms with E-state index in [1.807, 2.05) is 6.92 Å². The van der Waals surface area contributed by atoms with Gasteiger partial charge >= 0.3 is 12.4 Å². The second kappa shape index (κ2) is 9.13. The van der Waals surface area contributed by atoms with Crippen molar-refractivity contribution in [2.75, 3.05) is 13.4 Å². The lowest BCUT2D eigenvalue weighted by Crippen LogP contribution is -2.25. The van der Waals surface area contributed by atoms with Gasteiger partial charge in [-0.25, -0.2) is 9.97 Å². The first-order chi connectivity index (χ1) is 17.4. The van der Waals surface area contributed by atoms with Gasteiger partial charge < -0.3 is 19.2 Å². The van der Waals surface area contributed by atoms with Gasteiger partial charge in [-0.3, -0.25) is 9.48 Å². The van der Waals surface area contributed by atoms with E-state index >= 15 is 0 Å². The number of halogens is 6. The molecule has 4 heterocycles. The highest BCUT2D eigenvalue weighted by molar-refractivity contribution is 5.96. The van der Waals surface area contributed by atoms with Crippen LogP contribution in [-0.2, 0) is 41.3 Å². The molecule has 37 heavy (non-hydrogen) atoms. The SMILES string of the molecule is C[C@H]1Cc2oc(C(=O)NCc3cnc(C(F)(F)F)nc3)c(C(F)(F)F)c2-c2nn(C[C@H]3COCO3)cc21. The van der Waals surface area contributed by atoms with Crippen LogP contribution in [0, 0.1) is 0 Å². The molecule has 2 aliphatic rings. The van der Waals surface area contributed by atoms with Crippen molar-refractivity contribution >= 4 is 5.91 Å². The van der Waals surface area contributed by atoms with Crippen LogP contribution >= 0.6 is 0 Å². The first-order valence-corrected chi connectivity index (χ1v) is 11.1. The molecule has 0 bridgehead atoms. The smallest absolute Gasteiger partial charge is 0.451 e. The molecule has 0 spiro atoms. The largest absolute Gasteiger partial charge is 0.455 e. The van der Waals surface area contributed by atoms with Crippen molar-refractivity contribution in [3.63, 3.8) is 0 Å². The summed E-state index contributed by atoms with van der Waals surface area (Å²) in [7, 11) is 0. The minimum atomic E-state index is -4.95.